The summed E-state index contributed by atoms with van der Waals surface area (Å²) in [7, 11) is 0. The van der Waals surface area contributed by atoms with Gasteiger partial charge in [-0.2, -0.15) is 5.26 Å². The number of pyridine rings is 1. The third kappa shape index (κ3) is 2.20. The topological polar surface area (TPSA) is 62.5 Å². The Bertz CT molecular complexity index is 2280. The molecule has 3 heterocycles. The lowest BCUT2D eigenvalue weighted by molar-refractivity contribution is 1.15. The molecule has 0 atom stereocenters. The van der Waals surface area contributed by atoms with Crippen LogP contribution in [0.25, 0.3) is 65.0 Å². The van der Waals surface area contributed by atoms with Crippen LogP contribution in [-0.2, 0) is 0 Å². The highest BCUT2D eigenvalue weighted by molar-refractivity contribution is 8.00. The second kappa shape index (κ2) is 6.60. The van der Waals surface area contributed by atoms with E-state index < -0.39 is 0 Å². The van der Waals surface area contributed by atoms with Crippen LogP contribution < -0.4 is 5.56 Å². The molecule has 1 aliphatic rings. The molecule has 0 saturated heterocycles. The van der Waals surface area contributed by atoms with Crippen LogP contribution in [0.15, 0.2) is 87.4 Å². The maximum atomic E-state index is 14.2. The van der Waals surface area contributed by atoms with Crippen molar-refractivity contribution in [3.63, 3.8) is 0 Å². The molecule has 0 bridgehead atoms. The minimum Gasteiger partial charge on any atom is -0.268 e. The lowest BCUT2D eigenvalue weighted by atomic mass is 9.89. The summed E-state index contributed by atoms with van der Waals surface area (Å²) < 4.78 is 1.65. The highest BCUT2D eigenvalue weighted by atomic mass is 32.2. The molecule has 6 heteroatoms. The summed E-state index contributed by atoms with van der Waals surface area (Å²) in [4.78, 5) is 24.8. The number of hydrogen-bond donors (Lipinski definition) is 0. The molecule has 0 aliphatic carbocycles. The van der Waals surface area contributed by atoms with Crippen molar-refractivity contribution >= 4 is 66.4 Å². The van der Waals surface area contributed by atoms with Crippen molar-refractivity contribution in [3.05, 3.63) is 100 Å². The van der Waals surface area contributed by atoms with E-state index in [1.54, 1.807) is 10.5 Å². The molecule has 5 aromatic carbocycles. The van der Waals surface area contributed by atoms with Gasteiger partial charge in [0, 0.05) is 31.5 Å². The van der Waals surface area contributed by atoms with Crippen molar-refractivity contribution < 1.29 is 0 Å². The van der Waals surface area contributed by atoms with Crippen LogP contribution in [0.1, 0.15) is 5.56 Å². The Morgan fingerprint density at radius 1 is 0.944 bits per heavy atom. The van der Waals surface area contributed by atoms with E-state index >= 15 is 0 Å². The van der Waals surface area contributed by atoms with Gasteiger partial charge in [0.15, 0.2) is 0 Å². The molecule has 0 amide bonds. The van der Waals surface area contributed by atoms with Crippen molar-refractivity contribution in [3.8, 4) is 17.2 Å². The summed E-state index contributed by atoms with van der Waals surface area (Å²) in [5.74, 6) is 0. The molecule has 0 radical (unpaired) electrons. The Balaban J connectivity index is 1.74. The third-order valence-electron chi connectivity index (χ3n) is 7.16. The van der Waals surface area contributed by atoms with E-state index in [2.05, 4.69) is 10.9 Å². The molecule has 0 N–H and O–H groups in total. The first-order chi connectivity index (χ1) is 17.7. The van der Waals surface area contributed by atoms with E-state index in [1.807, 2.05) is 66.7 Å². The van der Waals surface area contributed by atoms with Gasteiger partial charge in [-0.3, -0.25) is 9.20 Å². The standard InChI is InChI=1S/C30H12N4OS/c1-32-21-13-18-26-19(12-16(14-31)24-17-8-2-3-11-23(17)36-28(21)27(24)26)30(35)34-22-10-5-7-15-6-4-9-20(25(15)22)33-29(18)34/h2-13H. The average molecular weight is 477 g/mol. The van der Waals surface area contributed by atoms with E-state index in [1.165, 1.54) is 11.8 Å². The smallest absolute Gasteiger partial charge is 0.264 e. The molecule has 1 aliphatic heterocycles. The second-order valence-electron chi connectivity index (χ2n) is 8.92. The zero-order valence-corrected chi connectivity index (χ0v) is 19.4. The van der Waals surface area contributed by atoms with Crippen LogP contribution >= 0.6 is 11.8 Å². The largest absolute Gasteiger partial charge is 0.268 e. The number of hydrogen-bond acceptors (Lipinski definition) is 4. The van der Waals surface area contributed by atoms with Gasteiger partial charge < -0.3 is 0 Å². The van der Waals surface area contributed by atoms with Crippen LogP contribution in [0.2, 0.25) is 0 Å². The molecule has 2 aromatic heterocycles. The average Bonchev–Trinajstić information content (AvgIpc) is 2.92. The molecular formula is C30H12N4OS. The maximum absolute atomic E-state index is 14.2. The molecular weight excluding hydrogens is 464 g/mol. The zero-order chi connectivity index (χ0) is 24.1. The summed E-state index contributed by atoms with van der Waals surface area (Å²) in [6, 6.07) is 25.6. The first-order valence-corrected chi connectivity index (χ1v) is 12.2. The quantitative estimate of drug-likeness (QED) is 0.131. The molecule has 0 unspecified atom stereocenters. The number of nitrogens with zero attached hydrogens (tertiary/aromatic N) is 4. The number of rotatable bonds is 0. The predicted octanol–water partition coefficient (Wildman–Crippen LogP) is 7.30. The molecule has 0 spiro atoms. The molecule has 8 rings (SSSR count). The van der Waals surface area contributed by atoms with Crippen molar-refractivity contribution in [1.29, 1.82) is 5.26 Å². The van der Waals surface area contributed by atoms with Crippen LogP contribution in [-0.4, -0.2) is 9.38 Å². The Labute approximate surface area is 208 Å². The van der Waals surface area contributed by atoms with E-state index in [4.69, 9.17) is 11.6 Å². The van der Waals surface area contributed by atoms with Crippen molar-refractivity contribution in [2.45, 2.75) is 9.79 Å². The van der Waals surface area contributed by atoms with E-state index in [0.717, 1.165) is 58.9 Å². The Hall–Kier alpha value is -4.91. The summed E-state index contributed by atoms with van der Waals surface area (Å²) in [5.41, 5.74) is 4.53. The van der Waals surface area contributed by atoms with Gasteiger partial charge in [-0.05, 0) is 46.7 Å². The first kappa shape index (κ1) is 19.4. The van der Waals surface area contributed by atoms with Gasteiger partial charge >= 0.3 is 0 Å². The minimum absolute atomic E-state index is 0.211. The fraction of sp³-hybridized carbons (Fsp3) is 0. The second-order valence-corrected chi connectivity index (χ2v) is 9.97. The van der Waals surface area contributed by atoms with Crippen LogP contribution in [0.4, 0.5) is 5.69 Å². The molecule has 7 aromatic rings. The highest BCUT2D eigenvalue weighted by Gasteiger charge is 2.28. The Morgan fingerprint density at radius 3 is 2.61 bits per heavy atom. The highest BCUT2D eigenvalue weighted by Crippen LogP contribution is 2.54. The van der Waals surface area contributed by atoms with Gasteiger partial charge in [0.2, 0.25) is 5.69 Å². The maximum Gasteiger partial charge on any atom is 0.264 e. The Kier molecular flexibility index (Phi) is 3.56. The minimum atomic E-state index is -0.211. The van der Waals surface area contributed by atoms with Crippen molar-refractivity contribution in [1.82, 2.24) is 9.38 Å². The van der Waals surface area contributed by atoms with Crippen molar-refractivity contribution in [2.75, 3.05) is 0 Å². The first-order valence-electron chi connectivity index (χ1n) is 11.4. The van der Waals surface area contributed by atoms with Gasteiger partial charge in [-0.15, -0.1) is 11.8 Å². The molecule has 5 nitrogen and oxygen atoms in total. The zero-order valence-electron chi connectivity index (χ0n) is 18.5. The SMILES string of the molecule is [C-]#[N+]c1cc2c3c4c1Sc1ccccc1-c4c(C#N)cc3c(=O)n1c3cccc4cccc(nc21)c43. The summed E-state index contributed by atoms with van der Waals surface area (Å²) in [5, 5.41) is 14.9. The number of benzene rings is 5. The Morgan fingerprint density at radius 2 is 1.78 bits per heavy atom. The van der Waals surface area contributed by atoms with E-state index in [0.29, 0.717) is 22.3 Å². The predicted molar refractivity (Wildman–Crippen MR) is 143 cm³/mol. The molecule has 0 saturated carbocycles. The molecule has 36 heavy (non-hydrogen) atoms. The summed E-state index contributed by atoms with van der Waals surface area (Å²) >= 11 is 1.52. The lowest BCUT2D eigenvalue weighted by Crippen LogP contribution is -2.17. The molecule has 0 fully saturated rings. The molecule has 164 valence electrons. The third-order valence-corrected chi connectivity index (χ3v) is 8.35. The number of aromatic nitrogens is 2. The van der Waals surface area contributed by atoms with Crippen molar-refractivity contribution in [2.24, 2.45) is 0 Å². The van der Waals surface area contributed by atoms with E-state index in [-0.39, 0.29) is 5.56 Å². The number of nitriles is 1. The van der Waals surface area contributed by atoms with Crippen LogP contribution in [0.3, 0.4) is 0 Å². The summed E-state index contributed by atoms with van der Waals surface area (Å²) in [6.07, 6.45) is 0. The van der Waals surface area contributed by atoms with Gasteiger partial charge in [0.1, 0.15) is 5.65 Å². The fourth-order valence-corrected chi connectivity index (χ4v) is 6.89. The fourth-order valence-electron chi connectivity index (χ4n) is 5.73. The number of fused-ring (bicyclic) bond motifs is 5. The van der Waals surface area contributed by atoms with E-state index in [9.17, 15) is 10.1 Å². The van der Waals surface area contributed by atoms with Crippen LogP contribution in [0.5, 0.6) is 0 Å². The van der Waals surface area contributed by atoms with Gasteiger partial charge in [0.25, 0.3) is 5.56 Å². The lowest BCUT2D eigenvalue weighted by Gasteiger charge is -2.24. The van der Waals surface area contributed by atoms with Gasteiger partial charge in [-0.25, -0.2) is 9.83 Å². The van der Waals surface area contributed by atoms with Crippen LogP contribution in [0, 0.1) is 17.9 Å². The monoisotopic (exact) mass is 476 g/mol. The summed E-state index contributed by atoms with van der Waals surface area (Å²) in [6.45, 7) is 7.99. The van der Waals surface area contributed by atoms with Gasteiger partial charge in [-0.1, -0.05) is 42.5 Å². The normalized spacial score (nSPS) is 12.4. The van der Waals surface area contributed by atoms with Gasteiger partial charge in [0.05, 0.1) is 34.6 Å².